The zero-order valence-corrected chi connectivity index (χ0v) is 41.0. The topological polar surface area (TPSA) is 119 Å². The highest BCUT2D eigenvalue weighted by Gasteiger charge is 2.65. The lowest BCUT2D eigenvalue weighted by atomic mass is 9.55. The van der Waals surface area contributed by atoms with Crippen LogP contribution < -0.4 is 9.47 Å². The molecule has 7 rings (SSSR count). The van der Waals surface area contributed by atoms with Crippen LogP contribution in [0.5, 0.6) is 11.5 Å². The Bertz CT molecular complexity index is 2120. The van der Waals surface area contributed by atoms with E-state index in [4.69, 9.17) is 28.9 Å². The molecule has 3 aromatic carbocycles. The predicted molar refractivity (Wildman–Crippen MR) is 272 cm³/mol. The Morgan fingerprint density at radius 1 is 0.868 bits per heavy atom. The molecule has 1 unspecified atom stereocenters. The largest absolute Gasteiger partial charge is 0.490 e. The summed E-state index contributed by atoms with van der Waals surface area (Å²) in [4.78, 5) is 24.0. The molecule has 0 radical (unpaired) electrons. The molecular weight excluding hydrogens is 853 g/mol. The zero-order valence-electron chi connectivity index (χ0n) is 41.0. The second kappa shape index (κ2) is 26.5. The van der Waals surface area contributed by atoms with E-state index < -0.39 is 24.0 Å². The highest BCUT2D eigenvalue weighted by molar-refractivity contribution is 6.03. The molecule has 0 spiro atoms. The lowest BCUT2D eigenvalue weighted by Gasteiger charge is -2.60. The molecule has 2 N–H and O–H groups in total. The Hall–Kier alpha value is -4.48. The molecule has 68 heavy (non-hydrogen) atoms. The summed E-state index contributed by atoms with van der Waals surface area (Å²) in [5, 5.41) is 27.4. The molecule has 1 saturated carbocycles. The van der Waals surface area contributed by atoms with Gasteiger partial charge in [0.05, 0.1) is 24.8 Å². The maximum atomic E-state index is 15.5. The van der Waals surface area contributed by atoms with Crippen LogP contribution in [-0.4, -0.2) is 77.9 Å². The molecule has 0 bridgehead atoms. The fourth-order valence-electron chi connectivity index (χ4n) is 11.5. The van der Waals surface area contributed by atoms with Gasteiger partial charge in [-0.25, -0.2) is 0 Å². The summed E-state index contributed by atoms with van der Waals surface area (Å²) in [6.45, 7) is 12.1. The third-order valence-corrected chi connectivity index (χ3v) is 14.8. The van der Waals surface area contributed by atoms with E-state index >= 15 is 4.79 Å². The number of carbonyl (C=O) groups excluding carboxylic acids is 1. The Balaban J connectivity index is 1.39. The Kier molecular flexibility index (Phi) is 20.0. The summed E-state index contributed by atoms with van der Waals surface area (Å²) >= 11 is 0. The SMILES string of the molecule is C=CCOc1ccc2c(c1)[C@H]1[C@H](CCCCO)[C@@H](CCCCO)C=C3C(=NOC4CCCCO4)C[C@H](N(Cc4cccc5ccccc45)C(=O)CCCCCCCCCCC)[C@@](OCC=C)(O2)[C@H]31. The Labute approximate surface area is 406 Å². The molecule has 4 aliphatic rings. The summed E-state index contributed by atoms with van der Waals surface area (Å²) in [6, 6.07) is 20.2. The summed E-state index contributed by atoms with van der Waals surface area (Å²) in [5.41, 5.74) is 3.88. The lowest BCUT2D eigenvalue weighted by Crippen LogP contribution is -2.70. The van der Waals surface area contributed by atoms with Crippen LogP contribution in [0.3, 0.4) is 0 Å². The van der Waals surface area contributed by atoms with Crippen LogP contribution in [0, 0.1) is 17.8 Å². The number of nitrogens with zero attached hydrogens (tertiary/aromatic N) is 2. The minimum absolute atomic E-state index is 0.0621. The molecule has 2 aliphatic carbocycles. The van der Waals surface area contributed by atoms with Crippen LogP contribution in [0.4, 0.5) is 0 Å². The van der Waals surface area contributed by atoms with Crippen LogP contribution in [0.2, 0.25) is 0 Å². The fourth-order valence-corrected chi connectivity index (χ4v) is 11.5. The van der Waals surface area contributed by atoms with Gasteiger partial charge in [-0.2, -0.15) is 0 Å². The van der Waals surface area contributed by atoms with Crippen LogP contribution in [0.25, 0.3) is 10.8 Å². The molecule has 3 aromatic rings. The van der Waals surface area contributed by atoms with E-state index in [1.54, 1.807) is 12.2 Å². The van der Waals surface area contributed by atoms with Crippen LogP contribution in [0.1, 0.15) is 152 Å². The van der Waals surface area contributed by atoms with Gasteiger partial charge in [-0.3, -0.25) is 4.79 Å². The minimum atomic E-state index is -1.36. The summed E-state index contributed by atoms with van der Waals surface area (Å²) < 4.78 is 27.2. The number of fused-ring (bicyclic) bond motifs is 3. The first kappa shape index (κ1) is 51.4. The minimum Gasteiger partial charge on any atom is -0.490 e. The molecular formula is C58H80N2O8. The number of aliphatic hydroxyl groups excluding tert-OH is 2. The van der Waals surface area contributed by atoms with Gasteiger partial charge in [-0.05, 0) is 96.9 Å². The van der Waals surface area contributed by atoms with Crippen molar-refractivity contribution in [2.75, 3.05) is 33.0 Å². The fraction of sp³-hybridized carbons (Fsp3) is 0.586. The molecule has 2 heterocycles. The van der Waals surface area contributed by atoms with Gasteiger partial charge in [0.25, 0.3) is 0 Å². The van der Waals surface area contributed by atoms with Crippen molar-refractivity contribution >= 4 is 22.4 Å². The first-order valence-corrected chi connectivity index (χ1v) is 26.3. The number of benzene rings is 3. The van der Waals surface area contributed by atoms with Gasteiger partial charge in [0.1, 0.15) is 24.1 Å². The van der Waals surface area contributed by atoms with Gasteiger partial charge in [0.15, 0.2) is 0 Å². The van der Waals surface area contributed by atoms with Crippen molar-refractivity contribution in [3.63, 3.8) is 0 Å². The predicted octanol–water partition coefficient (Wildman–Crippen LogP) is 12.5. The van der Waals surface area contributed by atoms with Crippen LogP contribution >= 0.6 is 0 Å². The van der Waals surface area contributed by atoms with Gasteiger partial charge in [-0.1, -0.05) is 144 Å². The van der Waals surface area contributed by atoms with Gasteiger partial charge >= 0.3 is 0 Å². The Morgan fingerprint density at radius 2 is 1.62 bits per heavy atom. The second-order valence-electron chi connectivity index (χ2n) is 19.5. The third kappa shape index (κ3) is 12.6. The maximum absolute atomic E-state index is 15.5. The standard InChI is InChI=1S/C58H80N2O8/c1-4-7-8-9-10-11-12-13-14-30-54(63)60(42-45-27-23-26-43-24-15-16-28-47(43)45)53-41-51(59-68-55-31-19-22-38-65-55)49-39-44(25-17-20-34-61)48(29-18-21-35-62)56-50-40-46(64-36-5-2)32-33-52(50)67-58(53,57(49)56)66-37-6-3/h5-6,15-16,23-24,26-28,32-33,39-40,44,48,53,55-57,61-62H,2-4,7-14,17-22,25,29-31,34-38,41-42H2,1H3/t44-,48+,53-,55?,56+,57+,58+/m0/s1. The normalized spacial score (nSPS) is 24.6. The molecule has 0 aromatic heterocycles. The van der Waals surface area contributed by atoms with Gasteiger partial charge in [0.2, 0.25) is 18.0 Å². The number of oxime groups is 1. The molecule has 1 saturated heterocycles. The molecule has 10 nitrogen and oxygen atoms in total. The van der Waals surface area contributed by atoms with E-state index in [0.29, 0.717) is 51.2 Å². The van der Waals surface area contributed by atoms with Crippen LogP contribution in [-0.2, 0) is 25.7 Å². The van der Waals surface area contributed by atoms with E-state index in [2.05, 4.69) is 79.6 Å². The smallest absolute Gasteiger partial charge is 0.239 e. The molecule has 2 aliphatic heterocycles. The van der Waals surface area contributed by atoms with Gasteiger partial charge in [-0.15, -0.1) is 6.58 Å². The summed E-state index contributed by atoms with van der Waals surface area (Å²) in [5.74, 6) is -0.215. The number of amides is 1. The van der Waals surface area contributed by atoms with Crippen molar-refractivity contribution in [3.8, 4) is 11.5 Å². The van der Waals surface area contributed by atoms with Crippen molar-refractivity contribution in [3.05, 3.63) is 109 Å². The van der Waals surface area contributed by atoms with Gasteiger partial charge in [0, 0.05) is 50.5 Å². The monoisotopic (exact) mass is 933 g/mol. The van der Waals surface area contributed by atoms with Crippen molar-refractivity contribution in [2.24, 2.45) is 22.9 Å². The quantitative estimate of drug-likeness (QED) is 0.0401. The van der Waals surface area contributed by atoms with E-state index in [1.807, 2.05) is 12.1 Å². The van der Waals surface area contributed by atoms with Gasteiger partial charge < -0.3 is 38.9 Å². The van der Waals surface area contributed by atoms with Crippen molar-refractivity contribution in [2.45, 2.75) is 166 Å². The Morgan fingerprint density at radius 3 is 2.37 bits per heavy atom. The number of hydrogen-bond acceptors (Lipinski definition) is 9. The molecule has 2 fully saturated rings. The summed E-state index contributed by atoms with van der Waals surface area (Å²) in [6.07, 6.45) is 24.2. The number of hydrogen-bond donors (Lipinski definition) is 2. The molecule has 7 atom stereocenters. The highest BCUT2D eigenvalue weighted by atomic mass is 16.8. The van der Waals surface area contributed by atoms with Crippen molar-refractivity contribution in [1.82, 2.24) is 4.90 Å². The van der Waals surface area contributed by atoms with Crippen molar-refractivity contribution in [1.29, 1.82) is 0 Å². The number of ether oxygens (including phenoxy) is 4. The van der Waals surface area contributed by atoms with Crippen molar-refractivity contribution < 1.29 is 38.8 Å². The molecule has 10 heteroatoms. The first-order chi connectivity index (χ1) is 33.5. The van der Waals surface area contributed by atoms with E-state index in [0.717, 1.165) is 103 Å². The number of aliphatic hydroxyl groups is 2. The first-order valence-electron chi connectivity index (χ1n) is 26.3. The second-order valence-corrected chi connectivity index (χ2v) is 19.5. The lowest BCUT2D eigenvalue weighted by molar-refractivity contribution is -0.258. The van der Waals surface area contributed by atoms with E-state index in [-0.39, 0.29) is 43.5 Å². The number of unbranched alkanes of at least 4 members (excludes halogenated alkanes) is 10. The average molecular weight is 933 g/mol. The average Bonchev–Trinajstić information content (AvgIpc) is 3.37. The zero-order chi connectivity index (χ0) is 47.6. The highest BCUT2D eigenvalue weighted by Crippen LogP contribution is 2.62. The number of allylic oxidation sites excluding steroid dienone is 1. The van der Waals surface area contributed by atoms with E-state index in [1.165, 1.54) is 38.5 Å². The molecule has 1 amide bonds. The number of rotatable bonds is 29. The maximum Gasteiger partial charge on any atom is 0.239 e. The number of carbonyl (C=O) groups is 1. The van der Waals surface area contributed by atoms with E-state index in [9.17, 15) is 10.2 Å². The molecule has 370 valence electrons. The summed E-state index contributed by atoms with van der Waals surface area (Å²) in [7, 11) is 0. The van der Waals surface area contributed by atoms with Crippen LogP contribution in [0.15, 0.2) is 103 Å². The third-order valence-electron chi connectivity index (χ3n) is 14.8.